The fourth-order valence-corrected chi connectivity index (χ4v) is 2.74. The van der Waals surface area contributed by atoms with E-state index >= 15 is 0 Å². The van der Waals surface area contributed by atoms with Gasteiger partial charge in [0.2, 0.25) is 0 Å². The molecule has 4 nitrogen and oxygen atoms in total. The van der Waals surface area contributed by atoms with Crippen molar-refractivity contribution in [2.75, 3.05) is 0 Å². The Balaban J connectivity index is 2.35. The number of carbonyl (C=O) groups is 2. The molecule has 2 heterocycles. The molecule has 2 aliphatic heterocycles. The van der Waals surface area contributed by atoms with Crippen molar-refractivity contribution in [3.05, 3.63) is 0 Å². The van der Waals surface area contributed by atoms with Gasteiger partial charge in [-0.15, -0.1) is 0 Å². The number of alkyl halides is 3. The Morgan fingerprint density at radius 1 is 1.25 bits per heavy atom. The van der Waals surface area contributed by atoms with Gasteiger partial charge in [0.05, 0.1) is 0 Å². The molecule has 0 aromatic rings. The summed E-state index contributed by atoms with van der Waals surface area (Å²) in [4.78, 5) is 22.8. The molecule has 2 rings (SSSR count). The van der Waals surface area contributed by atoms with Gasteiger partial charge >= 0.3 is 18.1 Å². The lowest BCUT2D eigenvalue weighted by atomic mass is 9.88. The monoisotopic (exact) mass is 237 g/mol. The van der Waals surface area contributed by atoms with Crippen LogP contribution in [-0.2, 0) is 9.59 Å². The fraction of sp³-hybridized carbons (Fsp3) is 0.778. The van der Waals surface area contributed by atoms with Crippen molar-refractivity contribution >= 4 is 11.9 Å². The van der Waals surface area contributed by atoms with Crippen molar-refractivity contribution < 1.29 is 27.9 Å². The minimum absolute atomic E-state index is 0.120. The number of amides is 1. The number of nitrogens with zero attached hydrogens (tertiary/aromatic N) is 1. The van der Waals surface area contributed by atoms with E-state index in [1.807, 2.05) is 0 Å². The molecule has 16 heavy (non-hydrogen) atoms. The summed E-state index contributed by atoms with van der Waals surface area (Å²) in [6, 6.07) is -0.565. The number of fused-ring (bicyclic) bond motifs is 2. The van der Waals surface area contributed by atoms with Crippen LogP contribution in [0.2, 0.25) is 0 Å². The van der Waals surface area contributed by atoms with Crippen molar-refractivity contribution in [3.63, 3.8) is 0 Å². The fourth-order valence-electron chi connectivity index (χ4n) is 2.74. The number of aliphatic carboxylic acids is 1. The number of carboxylic acid groups (broad SMARTS) is 1. The summed E-state index contributed by atoms with van der Waals surface area (Å²) in [5.74, 6) is -3.35. The Bertz CT molecular complexity index is 344. The van der Waals surface area contributed by atoms with Gasteiger partial charge in [0.25, 0.3) is 0 Å². The van der Waals surface area contributed by atoms with Crippen molar-refractivity contribution in [2.24, 2.45) is 0 Å². The third-order valence-corrected chi connectivity index (χ3v) is 3.47. The maximum Gasteiger partial charge on any atom is 0.471 e. The Hall–Kier alpha value is -1.27. The topological polar surface area (TPSA) is 57.6 Å². The van der Waals surface area contributed by atoms with Gasteiger partial charge in [0, 0.05) is 6.04 Å². The van der Waals surface area contributed by atoms with Gasteiger partial charge in [-0.1, -0.05) is 0 Å². The molecule has 0 spiro atoms. The highest BCUT2D eigenvalue weighted by Crippen LogP contribution is 2.48. The smallest absolute Gasteiger partial charge is 0.471 e. The van der Waals surface area contributed by atoms with Gasteiger partial charge in [-0.05, 0) is 25.7 Å². The Morgan fingerprint density at radius 2 is 1.75 bits per heavy atom. The summed E-state index contributed by atoms with van der Waals surface area (Å²) >= 11 is 0. The molecule has 1 N–H and O–H groups in total. The first-order valence-electron chi connectivity index (χ1n) is 4.93. The number of hydrogen-bond donors (Lipinski definition) is 1. The summed E-state index contributed by atoms with van der Waals surface area (Å²) in [6.45, 7) is 0. The molecule has 0 unspecified atom stereocenters. The van der Waals surface area contributed by atoms with Crippen LogP contribution in [0, 0.1) is 0 Å². The van der Waals surface area contributed by atoms with E-state index < -0.39 is 29.6 Å². The summed E-state index contributed by atoms with van der Waals surface area (Å²) in [5, 5.41) is 9.01. The average Bonchev–Trinajstić information content (AvgIpc) is 2.70. The van der Waals surface area contributed by atoms with E-state index in [2.05, 4.69) is 0 Å². The predicted octanol–water partition coefficient (Wildman–Crippen LogP) is 1.16. The van der Waals surface area contributed by atoms with E-state index in [-0.39, 0.29) is 12.8 Å². The zero-order valence-electron chi connectivity index (χ0n) is 8.25. The van der Waals surface area contributed by atoms with Crippen LogP contribution >= 0.6 is 0 Å². The van der Waals surface area contributed by atoms with Crippen LogP contribution in [0.3, 0.4) is 0 Å². The zero-order chi connectivity index (χ0) is 12.1. The first kappa shape index (κ1) is 11.2. The predicted molar refractivity (Wildman–Crippen MR) is 45.5 cm³/mol. The largest absolute Gasteiger partial charge is 0.479 e. The Morgan fingerprint density at radius 3 is 2.12 bits per heavy atom. The van der Waals surface area contributed by atoms with Crippen molar-refractivity contribution in [1.82, 2.24) is 4.90 Å². The van der Waals surface area contributed by atoms with Crippen LogP contribution in [-0.4, -0.2) is 39.6 Å². The average molecular weight is 237 g/mol. The van der Waals surface area contributed by atoms with Crippen molar-refractivity contribution in [2.45, 2.75) is 43.4 Å². The molecular weight excluding hydrogens is 227 g/mol. The molecule has 2 saturated heterocycles. The second-order valence-electron chi connectivity index (χ2n) is 4.24. The van der Waals surface area contributed by atoms with Crippen molar-refractivity contribution in [3.8, 4) is 0 Å². The first-order chi connectivity index (χ1) is 7.29. The van der Waals surface area contributed by atoms with E-state index in [1.54, 1.807) is 0 Å². The number of halogens is 3. The third-order valence-electron chi connectivity index (χ3n) is 3.47. The molecular formula is C9H10F3NO3. The lowest BCUT2D eigenvalue weighted by Crippen LogP contribution is -2.54. The van der Waals surface area contributed by atoms with Crippen LogP contribution in [0.4, 0.5) is 13.2 Å². The molecule has 2 bridgehead atoms. The number of carboxylic acids is 1. The first-order valence-corrected chi connectivity index (χ1v) is 4.93. The highest BCUT2D eigenvalue weighted by molar-refractivity contribution is 5.91. The van der Waals surface area contributed by atoms with Crippen molar-refractivity contribution in [1.29, 1.82) is 0 Å². The van der Waals surface area contributed by atoms with Gasteiger partial charge < -0.3 is 10.0 Å². The molecule has 0 aromatic heterocycles. The quantitative estimate of drug-likeness (QED) is 0.744. The molecule has 0 aromatic carbocycles. The van der Waals surface area contributed by atoms with Gasteiger partial charge in [-0.3, -0.25) is 4.79 Å². The van der Waals surface area contributed by atoms with E-state index in [1.165, 1.54) is 0 Å². The second kappa shape index (κ2) is 3.11. The molecule has 0 aliphatic carbocycles. The van der Waals surface area contributed by atoms with Crippen LogP contribution < -0.4 is 0 Å². The van der Waals surface area contributed by atoms with Crippen LogP contribution in [0.15, 0.2) is 0 Å². The molecule has 0 atom stereocenters. The number of hydrogen-bond acceptors (Lipinski definition) is 2. The lowest BCUT2D eigenvalue weighted by Gasteiger charge is -2.31. The minimum atomic E-state index is -4.99. The van der Waals surface area contributed by atoms with Gasteiger partial charge in [0.1, 0.15) is 5.54 Å². The van der Waals surface area contributed by atoms with Gasteiger partial charge in [-0.2, -0.15) is 13.2 Å². The number of rotatable bonds is 1. The molecule has 1 amide bonds. The molecule has 90 valence electrons. The normalized spacial score (nSPS) is 33.2. The summed E-state index contributed by atoms with van der Waals surface area (Å²) in [7, 11) is 0. The standard InChI is InChI=1S/C9H10F3NO3/c10-9(11,12)6(14)13-5-1-3-8(13,4-2-5)7(15)16/h5H,1-4H2,(H,15,16). The van der Waals surface area contributed by atoms with Crippen LogP contribution in [0.5, 0.6) is 0 Å². The van der Waals surface area contributed by atoms with Gasteiger partial charge in [0.15, 0.2) is 0 Å². The lowest BCUT2D eigenvalue weighted by molar-refractivity contribution is -0.192. The van der Waals surface area contributed by atoms with E-state index in [4.69, 9.17) is 5.11 Å². The Labute approximate surface area is 89.0 Å². The molecule has 2 fully saturated rings. The molecule has 0 radical (unpaired) electrons. The molecule has 7 heteroatoms. The second-order valence-corrected chi connectivity index (χ2v) is 4.24. The molecule has 2 aliphatic rings. The third kappa shape index (κ3) is 1.30. The highest BCUT2D eigenvalue weighted by Gasteiger charge is 2.62. The highest BCUT2D eigenvalue weighted by atomic mass is 19.4. The maximum absolute atomic E-state index is 12.3. The Kier molecular flexibility index (Phi) is 2.18. The van der Waals surface area contributed by atoms with E-state index in [9.17, 15) is 22.8 Å². The van der Waals surface area contributed by atoms with Crippen LogP contribution in [0.25, 0.3) is 0 Å². The minimum Gasteiger partial charge on any atom is -0.479 e. The SMILES string of the molecule is O=C(N1C2CCC1(C(=O)O)CC2)C(F)(F)F. The summed E-state index contributed by atoms with van der Waals surface area (Å²) < 4.78 is 37.0. The van der Waals surface area contributed by atoms with Gasteiger partial charge in [-0.25, -0.2) is 4.79 Å². The maximum atomic E-state index is 12.3. The van der Waals surface area contributed by atoms with E-state index in [0.717, 1.165) is 0 Å². The zero-order valence-corrected chi connectivity index (χ0v) is 8.25. The van der Waals surface area contributed by atoms with Crippen LogP contribution in [0.1, 0.15) is 25.7 Å². The summed E-state index contributed by atoms with van der Waals surface area (Å²) in [6.07, 6.45) is -4.07. The van der Waals surface area contributed by atoms with E-state index in [0.29, 0.717) is 17.7 Å². The summed E-state index contributed by atoms with van der Waals surface area (Å²) in [5.41, 5.74) is -1.61. The molecule has 0 saturated carbocycles. The number of carbonyl (C=O) groups excluding carboxylic acids is 1.